The molecule has 1 saturated carbocycles. The molecule has 1 N–H and O–H groups in total. The summed E-state index contributed by atoms with van der Waals surface area (Å²) in [5.41, 5.74) is 3.27. The third kappa shape index (κ3) is 3.48. The fraction of sp³-hybridized carbons (Fsp3) is 0.208. The van der Waals surface area contributed by atoms with Crippen LogP contribution in [0.5, 0.6) is 0 Å². The molecule has 0 unspecified atom stereocenters. The smallest absolute Gasteiger partial charge is 0.235 e. The van der Waals surface area contributed by atoms with Gasteiger partial charge in [-0.1, -0.05) is 47.9 Å². The minimum atomic E-state index is -0.484. The normalized spacial score (nSPS) is 15.4. The minimum absolute atomic E-state index is 0.0549. The lowest BCUT2D eigenvalue weighted by atomic mass is 9.78. The molecule has 0 bridgehead atoms. The van der Waals surface area contributed by atoms with Crippen LogP contribution in [0.2, 0.25) is 5.02 Å². The van der Waals surface area contributed by atoms with Crippen molar-refractivity contribution in [2.75, 3.05) is 5.32 Å². The van der Waals surface area contributed by atoms with Crippen LogP contribution in [0.4, 0.5) is 5.69 Å². The molecule has 4 nitrogen and oxygen atoms in total. The van der Waals surface area contributed by atoms with Crippen molar-refractivity contribution in [3.8, 4) is 10.6 Å². The molecule has 0 saturated heterocycles. The number of benzene rings is 2. The largest absolute Gasteiger partial charge is 0.325 e. The van der Waals surface area contributed by atoms with Gasteiger partial charge in [0, 0.05) is 22.5 Å². The highest BCUT2D eigenvalue weighted by Gasteiger charge is 2.42. The minimum Gasteiger partial charge on any atom is -0.325 e. The van der Waals surface area contributed by atoms with E-state index in [1.54, 1.807) is 17.5 Å². The number of anilines is 1. The predicted octanol–water partition coefficient (Wildman–Crippen LogP) is 6.46. The van der Waals surface area contributed by atoms with E-state index in [1.165, 1.54) is 0 Å². The summed E-state index contributed by atoms with van der Waals surface area (Å²) in [5.74, 6) is 0.0549. The van der Waals surface area contributed by atoms with Gasteiger partial charge in [0.25, 0.3) is 0 Å². The number of nitrogens with zero attached hydrogens (tertiary/aromatic N) is 2. The Balaban J connectivity index is 1.38. The Hall–Kier alpha value is -2.76. The molecule has 0 spiro atoms. The summed E-state index contributed by atoms with van der Waals surface area (Å²) in [5, 5.41) is 4.76. The van der Waals surface area contributed by atoms with E-state index in [0.717, 1.165) is 57.9 Å². The van der Waals surface area contributed by atoms with Crippen molar-refractivity contribution in [1.29, 1.82) is 0 Å². The summed E-state index contributed by atoms with van der Waals surface area (Å²) in [6.07, 6.45) is 5.61. The van der Waals surface area contributed by atoms with Crippen LogP contribution in [0.3, 0.4) is 0 Å². The molecule has 1 aliphatic rings. The molecule has 1 amide bonds. The van der Waals surface area contributed by atoms with Crippen LogP contribution in [-0.2, 0) is 10.2 Å². The average Bonchev–Trinajstić information content (AvgIpc) is 3.43. The molecule has 30 heavy (non-hydrogen) atoms. The molecule has 2 heterocycles. The number of thiazole rings is 1. The predicted molar refractivity (Wildman–Crippen MR) is 123 cm³/mol. The Morgan fingerprint density at radius 2 is 1.73 bits per heavy atom. The standard InChI is InChI=1S/C24H20ClN3OS/c25-18-9-7-17(8-10-18)24(13-1-2-14-24)23(29)27-19-11-5-16(6-12-19)21-28-20-4-3-15-26-22(20)30-21/h3-12,15H,1-2,13-14H2,(H,27,29). The van der Waals surface area contributed by atoms with Crippen LogP contribution >= 0.6 is 22.9 Å². The van der Waals surface area contributed by atoms with Crippen molar-refractivity contribution in [2.45, 2.75) is 31.1 Å². The highest BCUT2D eigenvalue weighted by Crippen LogP contribution is 2.42. The van der Waals surface area contributed by atoms with Gasteiger partial charge in [-0.05, 0) is 66.9 Å². The molecule has 0 atom stereocenters. The van der Waals surface area contributed by atoms with Crippen molar-refractivity contribution >= 4 is 44.9 Å². The van der Waals surface area contributed by atoms with E-state index in [9.17, 15) is 4.79 Å². The first-order valence-electron chi connectivity index (χ1n) is 10.0. The second kappa shape index (κ2) is 7.82. The van der Waals surface area contributed by atoms with Crippen molar-refractivity contribution < 1.29 is 4.79 Å². The number of carbonyl (C=O) groups excluding carboxylic acids is 1. The lowest BCUT2D eigenvalue weighted by molar-refractivity contribution is -0.121. The van der Waals surface area contributed by atoms with Gasteiger partial charge in [0.15, 0.2) is 0 Å². The molecule has 150 valence electrons. The summed E-state index contributed by atoms with van der Waals surface area (Å²) < 4.78 is 0. The van der Waals surface area contributed by atoms with Crippen LogP contribution in [0.25, 0.3) is 20.9 Å². The first-order valence-corrected chi connectivity index (χ1v) is 11.2. The molecule has 2 aromatic heterocycles. The van der Waals surface area contributed by atoms with E-state index in [-0.39, 0.29) is 5.91 Å². The molecule has 6 heteroatoms. The van der Waals surface area contributed by atoms with Gasteiger partial charge >= 0.3 is 0 Å². The van der Waals surface area contributed by atoms with Crippen molar-refractivity contribution in [2.24, 2.45) is 0 Å². The number of rotatable bonds is 4. The fourth-order valence-electron chi connectivity index (χ4n) is 4.23. The molecule has 2 aromatic carbocycles. The van der Waals surface area contributed by atoms with Crippen LogP contribution < -0.4 is 5.32 Å². The monoisotopic (exact) mass is 433 g/mol. The second-order valence-electron chi connectivity index (χ2n) is 7.67. The van der Waals surface area contributed by atoms with Crippen LogP contribution in [0.15, 0.2) is 66.9 Å². The number of fused-ring (bicyclic) bond motifs is 1. The van der Waals surface area contributed by atoms with Gasteiger partial charge in [-0.2, -0.15) is 0 Å². The molecular formula is C24H20ClN3OS. The Morgan fingerprint density at radius 1 is 1.00 bits per heavy atom. The Bertz CT molecular complexity index is 1160. The number of halogens is 1. The highest BCUT2D eigenvalue weighted by molar-refractivity contribution is 7.21. The van der Waals surface area contributed by atoms with Crippen molar-refractivity contribution in [1.82, 2.24) is 9.97 Å². The van der Waals surface area contributed by atoms with Gasteiger partial charge < -0.3 is 5.32 Å². The average molecular weight is 434 g/mol. The Morgan fingerprint density at radius 3 is 2.43 bits per heavy atom. The lowest BCUT2D eigenvalue weighted by Crippen LogP contribution is -2.37. The van der Waals surface area contributed by atoms with Crippen LogP contribution in [-0.4, -0.2) is 15.9 Å². The van der Waals surface area contributed by atoms with Gasteiger partial charge in [-0.15, -0.1) is 0 Å². The molecular weight excluding hydrogens is 414 g/mol. The molecule has 5 rings (SSSR count). The zero-order valence-electron chi connectivity index (χ0n) is 16.3. The molecule has 0 radical (unpaired) electrons. The number of hydrogen-bond acceptors (Lipinski definition) is 4. The zero-order chi connectivity index (χ0) is 20.6. The summed E-state index contributed by atoms with van der Waals surface area (Å²) in [6.45, 7) is 0. The van der Waals surface area contributed by atoms with Gasteiger partial charge in [0.1, 0.15) is 15.4 Å². The highest BCUT2D eigenvalue weighted by atomic mass is 35.5. The summed E-state index contributed by atoms with van der Waals surface area (Å²) >= 11 is 7.62. The summed E-state index contributed by atoms with van der Waals surface area (Å²) in [6, 6.07) is 19.4. The van der Waals surface area contributed by atoms with E-state index >= 15 is 0 Å². The topological polar surface area (TPSA) is 54.9 Å². The maximum atomic E-state index is 13.3. The van der Waals surface area contributed by atoms with E-state index in [0.29, 0.717) is 5.02 Å². The third-order valence-corrected chi connectivity index (χ3v) is 7.12. The van der Waals surface area contributed by atoms with Crippen molar-refractivity contribution in [3.63, 3.8) is 0 Å². The van der Waals surface area contributed by atoms with Crippen molar-refractivity contribution in [3.05, 3.63) is 77.4 Å². The van der Waals surface area contributed by atoms with Gasteiger partial charge in [0.05, 0.1) is 5.41 Å². The molecule has 1 fully saturated rings. The molecule has 0 aliphatic heterocycles. The first-order chi connectivity index (χ1) is 14.6. The number of pyridine rings is 1. The summed E-state index contributed by atoms with van der Waals surface area (Å²) in [7, 11) is 0. The van der Waals surface area contributed by atoms with E-state index in [2.05, 4.69) is 15.3 Å². The quantitative estimate of drug-likeness (QED) is 0.401. The second-order valence-corrected chi connectivity index (χ2v) is 9.09. The summed E-state index contributed by atoms with van der Waals surface area (Å²) in [4.78, 5) is 23.3. The maximum Gasteiger partial charge on any atom is 0.235 e. The van der Waals surface area contributed by atoms with Gasteiger partial charge in [-0.25, -0.2) is 9.97 Å². The fourth-order valence-corrected chi connectivity index (χ4v) is 5.27. The van der Waals surface area contributed by atoms with Crippen LogP contribution in [0.1, 0.15) is 31.2 Å². The third-order valence-electron chi connectivity index (χ3n) is 5.84. The number of hydrogen-bond donors (Lipinski definition) is 1. The van der Waals surface area contributed by atoms with E-state index in [4.69, 9.17) is 11.6 Å². The lowest BCUT2D eigenvalue weighted by Gasteiger charge is -2.28. The maximum absolute atomic E-state index is 13.3. The Labute approximate surface area is 184 Å². The number of aromatic nitrogens is 2. The van der Waals surface area contributed by atoms with Gasteiger partial charge in [0.2, 0.25) is 5.91 Å². The Kier molecular flexibility index (Phi) is 5.01. The molecule has 4 aromatic rings. The van der Waals surface area contributed by atoms with Gasteiger partial charge in [-0.3, -0.25) is 4.79 Å². The molecule has 1 aliphatic carbocycles. The first kappa shape index (κ1) is 19.2. The SMILES string of the molecule is O=C(Nc1ccc(-c2nc3cccnc3s2)cc1)C1(c2ccc(Cl)cc2)CCCC1. The number of nitrogens with one attached hydrogen (secondary N) is 1. The zero-order valence-corrected chi connectivity index (χ0v) is 17.8. The van der Waals surface area contributed by atoms with Crippen LogP contribution in [0, 0.1) is 0 Å². The van der Waals surface area contributed by atoms with E-state index < -0.39 is 5.41 Å². The van der Waals surface area contributed by atoms with E-state index in [1.807, 2.05) is 60.7 Å². The number of carbonyl (C=O) groups is 1. The number of amides is 1.